The molecule has 0 aromatic rings. The minimum Gasteiger partial charge on any atom is -0.328 e. The highest BCUT2D eigenvalue weighted by Gasteiger charge is 2.44. The third kappa shape index (κ3) is 2.15. The van der Waals surface area contributed by atoms with E-state index in [1.54, 1.807) is 23.6 Å². The van der Waals surface area contributed by atoms with Gasteiger partial charge in [-0.25, -0.2) is 0 Å². The summed E-state index contributed by atoms with van der Waals surface area (Å²) in [5.41, 5.74) is 0. The van der Waals surface area contributed by atoms with Gasteiger partial charge in [0.05, 0.1) is 18.2 Å². The Labute approximate surface area is 99.9 Å². The number of alkyl halides is 1. The second kappa shape index (κ2) is 3.89. The van der Waals surface area contributed by atoms with E-state index in [2.05, 4.69) is 0 Å². The van der Waals surface area contributed by atoms with E-state index in [1.807, 2.05) is 4.90 Å². The second-order valence-electron chi connectivity index (χ2n) is 4.70. The fraction of sp³-hybridized carbons (Fsp3) is 0.800. The van der Waals surface area contributed by atoms with E-state index in [9.17, 15) is 9.59 Å². The minimum absolute atomic E-state index is 0.0333. The highest BCUT2D eigenvalue weighted by atomic mass is 35.5. The number of hydrogen-bond donors (Lipinski definition) is 0. The number of halogens is 1. The normalized spacial score (nSPS) is 33.8. The van der Waals surface area contributed by atoms with Gasteiger partial charge >= 0.3 is 0 Å². The van der Waals surface area contributed by atoms with Crippen molar-refractivity contribution in [1.29, 1.82) is 0 Å². The summed E-state index contributed by atoms with van der Waals surface area (Å²) in [6.45, 7) is 5.99. The minimum atomic E-state index is -0.506. The molecule has 6 heteroatoms. The first-order valence-electron chi connectivity index (χ1n) is 5.32. The maximum absolute atomic E-state index is 11.3. The quantitative estimate of drug-likeness (QED) is 0.560. The Morgan fingerprint density at radius 3 is 1.75 bits per heavy atom. The third-order valence-electron chi connectivity index (χ3n) is 3.09. The molecule has 0 spiro atoms. The molecule has 2 aliphatic heterocycles. The summed E-state index contributed by atoms with van der Waals surface area (Å²) in [7, 11) is 0. The van der Waals surface area contributed by atoms with Crippen LogP contribution in [0.2, 0.25) is 0 Å². The van der Waals surface area contributed by atoms with Crippen molar-refractivity contribution < 1.29 is 9.59 Å². The molecule has 16 heavy (non-hydrogen) atoms. The topological polar surface area (TPSA) is 43.9 Å². The summed E-state index contributed by atoms with van der Waals surface area (Å²) in [5.74, 6) is 0.0667. The van der Waals surface area contributed by atoms with Crippen LogP contribution in [0.3, 0.4) is 0 Å². The van der Waals surface area contributed by atoms with Gasteiger partial charge in [-0.3, -0.25) is 14.5 Å². The molecular formula is C10H16ClN3O2. The lowest BCUT2D eigenvalue weighted by atomic mass is 10.0. The van der Waals surface area contributed by atoms with Gasteiger partial charge in [-0.15, -0.1) is 11.6 Å². The zero-order valence-corrected chi connectivity index (χ0v) is 10.3. The van der Waals surface area contributed by atoms with Crippen LogP contribution in [0.5, 0.6) is 0 Å². The van der Waals surface area contributed by atoms with Gasteiger partial charge in [-0.05, 0) is 0 Å². The fourth-order valence-corrected chi connectivity index (χ4v) is 2.84. The van der Waals surface area contributed by atoms with Crippen molar-refractivity contribution in [2.45, 2.75) is 18.7 Å². The Kier molecular flexibility index (Phi) is 2.84. The summed E-state index contributed by atoms with van der Waals surface area (Å²) in [4.78, 5) is 27.7. The number of fused-ring (bicyclic) bond motifs is 2. The standard InChI is InChI=1S/C10H16ClN3O2/c1-8(15)13-4-10(11)3-12(6-13)7-14(5-10)9(2)16/h3-7H2,1-2H3. The SMILES string of the molecule is CC(=O)N1CN2CN(C(C)=O)CC(Cl)(C2)C1. The summed E-state index contributed by atoms with van der Waals surface area (Å²) in [6.07, 6.45) is 0. The van der Waals surface area contributed by atoms with Gasteiger partial charge in [-0.1, -0.05) is 0 Å². The highest BCUT2D eigenvalue weighted by Crippen LogP contribution is 2.29. The fourth-order valence-electron chi connectivity index (χ4n) is 2.38. The smallest absolute Gasteiger partial charge is 0.220 e. The molecule has 90 valence electrons. The van der Waals surface area contributed by atoms with Gasteiger partial charge in [0.25, 0.3) is 0 Å². The lowest BCUT2D eigenvalue weighted by Gasteiger charge is -2.51. The Balaban J connectivity index is 2.13. The van der Waals surface area contributed by atoms with Crippen molar-refractivity contribution in [3.05, 3.63) is 0 Å². The van der Waals surface area contributed by atoms with Crippen LogP contribution in [0.4, 0.5) is 0 Å². The Bertz CT molecular complexity index is 308. The molecule has 5 nitrogen and oxygen atoms in total. The summed E-state index contributed by atoms with van der Waals surface area (Å²) < 4.78 is 0. The van der Waals surface area contributed by atoms with Crippen molar-refractivity contribution in [2.75, 3.05) is 33.0 Å². The van der Waals surface area contributed by atoms with E-state index in [4.69, 9.17) is 11.6 Å². The predicted octanol–water partition coefficient (Wildman–Crippen LogP) is -0.0948. The van der Waals surface area contributed by atoms with Gasteiger partial charge in [0.1, 0.15) is 0 Å². The van der Waals surface area contributed by atoms with E-state index in [0.717, 1.165) is 6.54 Å². The van der Waals surface area contributed by atoms with Crippen LogP contribution >= 0.6 is 11.6 Å². The van der Waals surface area contributed by atoms with Crippen LogP contribution in [0, 0.1) is 0 Å². The van der Waals surface area contributed by atoms with E-state index < -0.39 is 4.87 Å². The molecule has 0 aromatic heterocycles. The molecule has 2 saturated heterocycles. The first kappa shape index (κ1) is 11.7. The number of carbonyl (C=O) groups is 2. The van der Waals surface area contributed by atoms with Gasteiger partial charge in [0, 0.05) is 33.5 Å². The second-order valence-corrected chi connectivity index (χ2v) is 5.50. The van der Waals surface area contributed by atoms with E-state index in [-0.39, 0.29) is 11.8 Å². The van der Waals surface area contributed by atoms with E-state index >= 15 is 0 Å². The van der Waals surface area contributed by atoms with Crippen LogP contribution in [-0.2, 0) is 9.59 Å². The average Bonchev–Trinajstić information content (AvgIpc) is 2.14. The van der Waals surface area contributed by atoms with E-state index in [0.29, 0.717) is 26.4 Å². The molecule has 2 fully saturated rings. The molecule has 0 aliphatic carbocycles. The van der Waals surface area contributed by atoms with Crippen molar-refractivity contribution in [2.24, 2.45) is 0 Å². The molecule has 2 aliphatic rings. The summed E-state index contributed by atoms with van der Waals surface area (Å²) in [6, 6.07) is 0. The molecule has 2 bridgehead atoms. The number of carbonyl (C=O) groups excluding carboxylic acids is 2. The molecule has 0 N–H and O–H groups in total. The van der Waals surface area contributed by atoms with Gasteiger partial charge in [0.2, 0.25) is 11.8 Å². The average molecular weight is 246 g/mol. The Morgan fingerprint density at radius 1 is 1.00 bits per heavy atom. The van der Waals surface area contributed by atoms with Crippen LogP contribution in [-0.4, -0.2) is 64.4 Å². The molecule has 2 heterocycles. The van der Waals surface area contributed by atoms with Crippen molar-refractivity contribution in [1.82, 2.24) is 14.7 Å². The molecular weight excluding hydrogens is 230 g/mol. The van der Waals surface area contributed by atoms with Crippen LogP contribution in [0.1, 0.15) is 13.8 Å². The lowest BCUT2D eigenvalue weighted by molar-refractivity contribution is -0.144. The monoisotopic (exact) mass is 245 g/mol. The van der Waals surface area contributed by atoms with Gasteiger partial charge < -0.3 is 9.80 Å². The molecule has 0 unspecified atom stereocenters. The lowest BCUT2D eigenvalue weighted by Crippen LogP contribution is -2.68. The third-order valence-corrected chi connectivity index (χ3v) is 3.45. The first-order chi connectivity index (χ1) is 7.39. The maximum Gasteiger partial charge on any atom is 0.220 e. The number of amides is 2. The van der Waals surface area contributed by atoms with E-state index in [1.165, 1.54) is 0 Å². The number of nitrogens with zero attached hydrogens (tertiary/aromatic N) is 3. The van der Waals surface area contributed by atoms with Gasteiger partial charge in [0.15, 0.2) is 0 Å². The Hall–Kier alpha value is -0.810. The van der Waals surface area contributed by atoms with Crippen LogP contribution in [0.25, 0.3) is 0 Å². The molecule has 0 saturated carbocycles. The number of hydrogen-bond acceptors (Lipinski definition) is 3. The Morgan fingerprint density at radius 2 is 1.44 bits per heavy atom. The molecule has 2 rings (SSSR count). The van der Waals surface area contributed by atoms with Crippen molar-refractivity contribution >= 4 is 23.4 Å². The van der Waals surface area contributed by atoms with Crippen LogP contribution in [0.15, 0.2) is 0 Å². The van der Waals surface area contributed by atoms with Crippen molar-refractivity contribution in [3.63, 3.8) is 0 Å². The first-order valence-corrected chi connectivity index (χ1v) is 5.70. The maximum atomic E-state index is 11.3. The zero-order valence-electron chi connectivity index (χ0n) is 9.57. The molecule has 2 amide bonds. The number of rotatable bonds is 0. The summed E-state index contributed by atoms with van der Waals surface area (Å²) in [5, 5.41) is 0. The van der Waals surface area contributed by atoms with Gasteiger partial charge in [-0.2, -0.15) is 0 Å². The van der Waals surface area contributed by atoms with Crippen LogP contribution < -0.4 is 0 Å². The largest absolute Gasteiger partial charge is 0.328 e. The molecule has 0 radical (unpaired) electrons. The van der Waals surface area contributed by atoms with Crippen molar-refractivity contribution in [3.8, 4) is 0 Å². The predicted molar refractivity (Wildman–Crippen MR) is 59.8 cm³/mol. The zero-order chi connectivity index (χ0) is 11.9. The molecule has 0 aromatic carbocycles. The molecule has 0 atom stereocenters. The summed E-state index contributed by atoms with van der Waals surface area (Å²) >= 11 is 6.45. The highest BCUT2D eigenvalue weighted by molar-refractivity contribution is 6.25.